The van der Waals surface area contributed by atoms with Gasteiger partial charge in [0, 0.05) is 18.3 Å². The highest BCUT2D eigenvalue weighted by atomic mass is 32.2. The molecule has 1 fully saturated rings. The maximum absolute atomic E-state index is 3.67. The quantitative estimate of drug-likeness (QED) is 0.862. The van der Waals surface area contributed by atoms with Gasteiger partial charge in [-0.25, -0.2) is 0 Å². The number of thioether (sulfide) groups is 1. The Bertz CT molecular complexity index is 321. The van der Waals surface area contributed by atoms with Crippen LogP contribution in [-0.4, -0.2) is 17.5 Å². The van der Waals surface area contributed by atoms with Crippen molar-refractivity contribution in [2.75, 3.05) is 11.5 Å². The summed E-state index contributed by atoms with van der Waals surface area (Å²) in [5, 5.41) is 3.67. The van der Waals surface area contributed by atoms with Gasteiger partial charge in [0.05, 0.1) is 0 Å². The predicted molar refractivity (Wildman–Crippen MR) is 72.8 cm³/mol. The lowest BCUT2D eigenvalue weighted by atomic mass is 9.88. The highest BCUT2D eigenvalue weighted by Crippen LogP contribution is 2.33. The molecular weight excluding hydrogens is 214 g/mol. The van der Waals surface area contributed by atoms with Crippen LogP contribution in [0.4, 0.5) is 0 Å². The van der Waals surface area contributed by atoms with Crippen LogP contribution in [0.5, 0.6) is 0 Å². The van der Waals surface area contributed by atoms with Crippen LogP contribution < -0.4 is 5.32 Å². The Balaban J connectivity index is 1.82. The second-order valence-electron chi connectivity index (χ2n) is 5.45. The Hall–Kier alpha value is -0.470. The van der Waals surface area contributed by atoms with Crippen molar-refractivity contribution in [1.82, 2.24) is 5.32 Å². The van der Waals surface area contributed by atoms with E-state index in [0.29, 0.717) is 11.5 Å². The maximum Gasteiger partial charge on any atom is 0.0208 e. The van der Waals surface area contributed by atoms with Crippen LogP contribution in [0.15, 0.2) is 30.3 Å². The molecule has 1 saturated heterocycles. The van der Waals surface area contributed by atoms with E-state index in [1.807, 2.05) is 0 Å². The fourth-order valence-corrected chi connectivity index (χ4v) is 3.56. The Morgan fingerprint density at radius 3 is 2.75 bits per heavy atom. The number of rotatable bonds is 3. The molecule has 1 aromatic carbocycles. The molecule has 88 valence electrons. The van der Waals surface area contributed by atoms with E-state index in [0.717, 1.165) is 6.54 Å². The second-order valence-corrected chi connectivity index (χ2v) is 6.48. The summed E-state index contributed by atoms with van der Waals surface area (Å²) >= 11 is 2.08. The molecule has 1 heterocycles. The van der Waals surface area contributed by atoms with Crippen molar-refractivity contribution in [3.8, 4) is 0 Å². The van der Waals surface area contributed by atoms with Gasteiger partial charge in [0.1, 0.15) is 0 Å². The molecular formula is C14H21NS. The molecule has 0 aliphatic carbocycles. The van der Waals surface area contributed by atoms with E-state index in [9.17, 15) is 0 Å². The average molecular weight is 235 g/mol. The third-order valence-corrected chi connectivity index (χ3v) is 4.67. The van der Waals surface area contributed by atoms with Gasteiger partial charge < -0.3 is 5.32 Å². The van der Waals surface area contributed by atoms with Crippen LogP contribution in [0.2, 0.25) is 0 Å². The largest absolute Gasteiger partial charge is 0.309 e. The molecule has 2 rings (SSSR count). The first kappa shape index (κ1) is 12.0. The zero-order valence-corrected chi connectivity index (χ0v) is 11.0. The van der Waals surface area contributed by atoms with E-state index < -0.39 is 0 Å². The minimum absolute atomic E-state index is 0.497. The van der Waals surface area contributed by atoms with Crippen molar-refractivity contribution >= 4 is 11.8 Å². The van der Waals surface area contributed by atoms with E-state index in [-0.39, 0.29) is 0 Å². The van der Waals surface area contributed by atoms with Crippen LogP contribution in [-0.2, 0) is 6.54 Å². The molecule has 0 bridgehead atoms. The van der Waals surface area contributed by atoms with Crippen LogP contribution in [0.25, 0.3) is 0 Å². The fourth-order valence-electron chi connectivity index (χ4n) is 2.25. The van der Waals surface area contributed by atoms with Crippen molar-refractivity contribution in [1.29, 1.82) is 0 Å². The summed E-state index contributed by atoms with van der Waals surface area (Å²) in [5.74, 6) is 2.56. The van der Waals surface area contributed by atoms with Gasteiger partial charge in [0.2, 0.25) is 0 Å². The minimum atomic E-state index is 0.497. The zero-order valence-electron chi connectivity index (χ0n) is 10.2. The number of hydrogen-bond donors (Lipinski definition) is 1. The number of hydrogen-bond acceptors (Lipinski definition) is 2. The predicted octanol–water partition coefficient (Wildman–Crippen LogP) is 3.31. The monoisotopic (exact) mass is 235 g/mol. The van der Waals surface area contributed by atoms with Crippen LogP contribution >= 0.6 is 11.8 Å². The Morgan fingerprint density at radius 2 is 2.06 bits per heavy atom. The summed E-state index contributed by atoms with van der Waals surface area (Å²) in [5.41, 5.74) is 1.88. The Kier molecular flexibility index (Phi) is 3.93. The van der Waals surface area contributed by atoms with Crippen molar-refractivity contribution in [3.63, 3.8) is 0 Å². The standard InChI is InChI=1S/C14H21NS/c1-14(2)8-13(10-16-11-14)15-9-12-6-4-3-5-7-12/h3-7,13,15H,8-11H2,1-2H3. The van der Waals surface area contributed by atoms with E-state index in [4.69, 9.17) is 0 Å². The van der Waals surface area contributed by atoms with Gasteiger partial charge in [0.15, 0.2) is 0 Å². The SMILES string of the molecule is CC1(C)CSCC(NCc2ccccc2)C1. The zero-order chi connectivity index (χ0) is 11.4. The molecule has 1 N–H and O–H groups in total. The Labute approximate surface area is 103 Å². The van der Waals surface area contributed by atoms with Crippen molar-refractivity contribution in [3.05, 3.63) is 35.9 Å². The highest BCUT2D eigenvalue weighted by Gasteiger charge is 2.27. The topological polar surface area (TPSA) is 12.0 Å². The van der Waals surface area contributed by atoms with Crippen molar-refractivity contribution in [2.45, 2.75) is 32.9 Å². The summed E-state index contributed by atoms with van der Waals surface area (Å²) in [6, 6.07) is 11.3. The number of nitrogens with one attached hydrogen (secondary N) is 1. The average Bonchev–Trinajstić information content (AvgIpc) is 2.27. The maximum atomic E-state index is 3.67. The Morgan fingerprint density at radius 1 is 1.31 bits per heavy atom. The molecule has 1 atom stereocenters. The highest BCUT2D eigenvalue weighted by molar-refractivity contribution is 7.99. The third kappa shape index (κ3) is 3.53. The summed E-state index contributed by atoms with van der Waals surface area (Å²) in [6.07, 6.45) is 1.30. The lowest BCUT2D eigenvalue weighted by Gasteiger charge is -2.35. The van der Waals surface area contributed by atoms with Gasteiger partial charge in [0.25, 0.3) is 0 Å². The van der Waals surface area contributed by atoms with Gasteiger partial charge in [-0.2, -0.15) is 11.8 Å². The van der Waals surface area contributed by atoms with E-state index >= 15 is 0 Å². The minimum Gasteiger partial charge on any atom is -0.309 e. The lowest BCUT2D eigenvalue weighted by molar-refractivity contribution is 0.317. The normalized spacial score (nSPS) is 24.2. The first-order valence-corrected chi connectivity index (χ1v) is 7.16. The smallest absolute Gasteiger partial charge is 0.0208 e. The summed E-state index contributed by atoms with van der Waals surface area (Å²) in [4.78, 5) is 0. The van der Waals surface area contributed by atoms with E-state index in [1.54, 1.807) is 0 Å². The van der Waals surface area contributed by atoms with Gasteiger partial charge in [-0.15, -0.1) is 0 Å². The molecule has 1 aliphatic heterocycles. The summed E-state index contributed by atoms with van der Waals surface area (Å²) < 4.78 is 0. The number of benzene rings is 1. The van der Waals surface area contributed by atoms with E-state index in [1.165, 1.54) is 23.5 Å². The van der Waals surface area contributed by atoms with Crippen LogP contribution in [0.3, 0.4) is 0 Å². The molecule has 0 amide bonds. The molecule has 0 radical (unpaired) electrons. The molecule has 0 saturated carbocycles. The summed E-state index contributed by atoms with van der Waals surface area (Å²) in [7, 11) is 0. The van der Waals surface area contributed by atoms with Gasteiger partial charge in [-0.05, 0) is 23.2 Å². The molecule has 1 aromatic rings. The third-order valence-electron chi connectivity index (χ3n) is 3.05. The molecule has 16 heavy (non-hydrogen) atoms. The second kappa shape index (κ2) is 5.24. The van der Waals surface area contributed by atoms with Crippen LogP contribution in [0, 0.1) is 5.41 Å². The molecule has 0 spiro atoms. The van der Waals surface area contributed by atoms with Crippen LogP contribution in [0.1, 0.15) is 25.8 Å². The lowest BCUT2D eigenvalue weighted by Crippen LogP contribution is -2.39. The van der Waals surface area contributed by atoms with Crippen molar-refractivity contribution in [2.24, 2.45) is 5.41 Å². The first-order chi connectivity index (χ1) is 7.66. The summed E-state index contributed by atoms with van der Waals surface area (Å²) in [6.45, 7) is 5.74. The first-order valence-electron chi connectivity index (χ1n) is 6.01. The molecule has 1 aliphatic rings. The van der Waals surface area contributed by atoms with Gasteiger partial charge in [-0.1, -0.05) is 44.2 Å². The van der Waals surface area contributed by atoms with Gasteiger partial charge >= 0.3 is 0 Å². The molecule has 1 nitrogen and oxygen atoms in total. The molecule has 1 unspecified atom stereocenters. The van der Waals surface area contributed by atoms with Crippen molar-refractivity contribution < 1.29 is 0 Å². The van der Waals surface area contributed by atoms with E-state index in [2.05, 4.69) is 61.3 Å². The van der Waals surface area contributed by atoms with Gasteiger partial charge in [-0.3, -0.25) is 0 Å². The molecule has 2 heteroatoms. The molecule has 0 aromatic heterocycles. The fraction of sp³-hybridized carbons (Fsp3) is 0.571.